The van der Waals surface area contributed by atoms with Crippen LogP contribution in [0, 0.1) is 17.7 Å². The smallest absolute Gasteiger partial charge is 0.127 e. The highest BCUT2D eigenvalue weighted by Crippen LogP contribution is 2.34. The molecule has 0 saturated heterocycles. The summed E-state index contributed by atoms with van der Waals surface area (Å²) in [6, 6.07) is 5.81. The quantitative estimate of drug-likeness (QED) is 0.836. The van der Waals surface area contributed by atoms with Crippen LogP contribution in [-0.2, 0) is 6.42 Å². The first-order chi connectivity index (χ1) is 9.10. The third-order valence-electron chi connectivity index (χ3n) is 4.23. The predicted octanol–water partition coefficient (Wildman–Crippen LogP) is 4.55. The van der Waals surface area contributed by atoms with Crippen LogP contribution >= 0.6 is 15.9 Å². The van der Waals surface area contributed by atoms with Crippen LogP contribution in [0.25, 0.3) is 0 Å². The summed E-state index contributed by atoms with van der Waals surface area (Å²) in [6.45, 7) is 5.40. The van der Waals surface area contributed by atoms with Crippen LogP contribution in [-0.4, -0.2) is 12.6 Å². The average Bonchev–Trinajstić information content (AvgIpc) is 2.78. The second-order valence-electron chi connectivity index (χ2n) is 5.78. The van der Waals surface area contributed by atoms with Crippen LogP contribution in [0.15, 0.2) is 22.7 Å². The third kappa shape index (κ3) is 4.03. The van der Waals surface area contributed by atoms with Gasteiger partial charge in [-0.1, -0.05) is 42.3 Å². The minimum atomic E-state index is -0.0941. The molecule has 3 unspecified atom stereocenters. The summed E-state index contributed by atoms with van der Waals surface area (Å²) >= 11 is 3.31. The molecule has 0 amide bonds. The first-order valence-corrected chi connectivity index (χ1v) is 8.06. The van der Waals surface area contributed by atoms with E-state index in [1.165, 1.54) is 19.3 Å². The van der Waals surface area contributed by atoms with E-state index in [2.05, 4.69) is 35.1 Å². The Kier molecular flexibility index (Phi) is 5.40. The van der Waals surface area contributed by atoms with Crippen molar-refractivity contribution >= 4 is 15.9 Å². The Morgan fingerprint density at radius 3 is 2.79 bits per heavy atom. The van der Waals surface area contributed by atoms with Gasteiger partial charge in [0.25, 0.3) is 0 Å². The number of hydrogen-bond donors (Lipinski definition) is 1. The van der Waals surface area contributed by atoms with Gasteiger partial charge >= 0.3 is 0 Å². The number of nitrogens with one attached hydrogen (secondary N) is 1. The molecule has 3 atom stereocenters. The van der Waals surface area contributed by atoms with Gasteiger partial charge in [0.2, 0.25) is 0 Å². The van der Waals surface area contributed by atoms with Gasteiger partial charge < -0.3 is 5.32 Å². The van der Waals surface area contributed by atoms with Gasteiger partial charge in [-0.25, -0.2) is 4.39 Å². The van der Waals surface area contributed by atoms with Crippen molar-refractivity contribution in [1.82, 2.24) is 5.32 Å². The van der Waals surface area contributed by atoms with E-state index in [1.54, 1.807) is 6.07 Å². The molecule has 0 heterocycles. The van der Waals surface area contributed by atoms with E-state index >= 15 is 0 Å². The normalized spacial score (nSPS) is 24.6. The molecule has 1 aliphatic carbocycles. The largest absolute Gasteiger partial charge is 0.314 e. The molecule has 106 valence electrons. The van der Waals surface area contributed by atoms with Crippen molar-refractivity contribution in [2.45, 2.75) is 45.6 Å². The van der Waals surface area contributed by atoms with Crippen LogP contribution < -0.4 is 5.32 Å². The molecule has 1 fully saturated rings. The molecule has 0 aliphatic heterocycles. The SMILES string of the molecule is CCNC(Cc1ccc(Br)cc1F)C1CCC(C)C1. The van der Waals surface area contributed by atoms with Gasteiger partial charge in [-0.3, -0.25) is 0 Å². The number of rotatable bonds is 5. The van der Waals surface area contributed by atoms with Crippen LogP contribution in [0.3, 0.4) is 0 Å². The maximum Gasteiger partial charge on any atom is 0.127 e. The highest BCUT2D eigenvalue weighted by atomic mass is 79.9. The number of benzene rings is 1. The van der Waals surface area contributed by atoms with Gasteiger partial charge in [-0.15, -0.1) is 0 Å². The lowest BCUT2D eigenvalue weighted by atomic mass is 9.91. The molecule has 1 aromatic rings. The van der Waals surface area contributed by atoms with Crippen LogP contribution in [0.1, 0.15) is 38.7 Å². The minimum Gasteiger partial charge on any atom is -0.314 e. The summed E-state index contributed by atoms with van der Waals surface area (Å²) in [7, 11) is 0. The average molecular weight is 328 g/mol. The lowest BCUT2D eigenvalue weighted by molar-refractivity contribution is 0.350. The number of hydrogen-bond acceptors (Lipinski definition) is 1. The van der Waals surface area contributed by atoms with Crippen molar-refractivity contribution < 1.29 is 4.39 Å². The van der Waals surface area contributed by atoms with Crippen molar-refractivity contribution in [2.75, 3.05) is 6.54 Å². The van der Waals surface area contributed by atoms with Crippen molar-refractivity contribution in [1.29, 1.82) is 0 Å². The molecule has 1 nitrogen and oxygen atoms in total. The molecular weight excluding hydrogens is 305 g/mol. The predicted molar refractivity (Wildman–Crippen MR) is 81.8 cm³/mol. The Morgan fingerprint density at radius 2 is 2.21 bits per heavy atom. The van der Waals surface area contributed by atoms with Crippen molar-refractivity contribution in [3.8, 4) is 0 Å². The standard InChI is InChI=1S/C16H23BrFN/c1-3-19-16(13-5-4-11(2)8-13)9-12-6-7-14(17)10-15(12)18/h6-7,10-11,13,16,19H,3-5,8-9H2,1-2H3. The summed E-state index contributed by atoms with van der Waals surface area (Å²) in [4.78, 5) is 0. The first kappa shape index (κ1) is 15.0. The summed E-state index contributed by atoms with van der Waals surface area (Å²) in [6.07, 6.45) is 4.66. The minimum absolute atomic E-state index is 0.0941. The molecule has 19 heavy (non-hydrogen) atoms. The highest BCUT2D eigenvalue weighted by Gasteiger charge is 2.28. The van der Waals surface area contributed by atoms with Crippen molar-refractivity contribution in [2.24, 2.45) is 11.8 Å². The summed E-state index contributed by atoms with van der Waals surface area (Å²) < 4.78 is 14.8. The molecule has 1 aromatic carbocycles. The van der Waals surface area contributed by atoms with E-state index in [0.29, 0.717) is 12.0 Å². The fourth-order valence-electron chi connectivity index (χ4n) is 3.21. The van der Waals surface area contributed by atoms with Gasteiger partial charge in [0.05, 0.1) is 0 Å². The summed E-state index contributed by atoms with van der Waals surface area (Å²) in [5.41, 5.74) is 0.828. The fourth-order valence-corrected chi connectivity index (χ4v) is 3.54. The zero-order chi connectivity index (χ0) is 13.8. The molecule has 0 radical (unpaired) electrons. The first-order valence-electron chi connectivity index (χ1n) is 7.27. The molecule has 1 aliphatic rings. The van der Waals surface area contributed by atoms with E-state index in [1.807, 2.05) is 12.1 Å². The Labute approximate surface area is 124 Å². The van der Waals surface area contributed by atoms with E-state index in [0.717, 1.165) is 28.9 Å². The van der Waals surface area contributed by atoms with Crippen LogP contribution in [0.2, 0.25) is 0 Å². The highest BCUT2D eigenvalue weighted by molar-refractivity contribution is 9.10. The Hall–Kier alpha value is -0.410. The summed E-state index contributed by atoms with van der Waals surface area (Å²) in [5, 5.41) is 3.56. The zero-order valence-corrected chi connectivity index (χ0v) is 13.3. The van der Waals surface area contributed by atoms with E-state index in [-0.39, 0.29) is 5.82 Å². The van der Waals surface area contributed by atoms with E-state index in [4.69, 9.17) is 0 Å². The molecule has 0 bridgehead atoms. The van der Waals surface area contributed by atoms with E-state index in [9.17, 15) is 4.39 Å². The van der Waals surface area contributed by atoms with Crippen molar-refractivity contribution in [3.63, 3.8) is 0 Å². The van der Waals surface area contributed by atoms with E-state index < -0.39 is 0 Å². The van der Waals surface area contributed by atoms with Gasteiger partial charge in [0, 0.05) is 10.5 Å². The van der Waals surface area contributed by atoms with Crippen LogP contribution in [0.4, 0.5) is 4.39 Å². The maximum atomic E-state index is 14.0. The zero-order valence-electron chi connectivity index (χ0n) is 11.8. The van der Waals surface area contributed by atoms with Gasteiger partial charge in [0.15, 0.2) is 0 Å². The number of halogens is 2. The monoisotopic (exact) mass is 327 g/mol. The second-order valence-corrected chi connectivity index (χ2v) is 6.70. The summed E-state index contributed by atoms with van der Waals surface area (Å²) in [5.74, 6) is 1.42. The molecule has 3 heteroatoms. The van der Waals surface area contributed by atoms with Gasteiger partial charge in [0.1, 0.15) is 5.82 Å². The lowest BCUT2D eigenvalue weighted by Crippen LogP contribution is -2.37. The van der Waals surface area contributed by atoms with Crippen molar-refractivity contribution in [3.05, 3.63) is 34.1 Å². The topological polar surface area (TPSA) is 12.0 Å². The lowest BCUT2D eigenvalue weighted by Gasteiger charge is -2.25. The van der Waals surface area contributed by atoms with Crippen LogP contribution in [0.5, 0.6) is 0 Å². The maximum absolute atomic E-state index is 14.0. The Balaban J connectivity index is 2.07. The van der Waals surface area contributed by atoms with Gasteiger partial charge in [-0.2, -0.15) is 0 Å². The molecule has 2 rings (SSSR count). The molecule has 0 aromatic heterocycles. The fraction of sp³-hybridized carbons (Fsp3) is 0.625. The molecule has 1 saturated carbocycles. The molecule has 1 N–H and O–H groups in total. The second kappa shape index (κ2) is 6.85. The Bertz CT molecular complexity index is 421. The molecule has 0 spiro atoms. The Morgan fingerprint density at radius 1 is 1.42 bits per heavy atom. The number of likely N-dealkylation sites (N-methyl/N-ethyl adjacent to an activating group) is 1. The van der Waals surface area contributed by atoms with Gasteiger partial charge in [-0.05, 0) is 55.3 Å². The third-order valence-corrected chi connectivity index (χ3v) is 4.72. The molecular formula is C16H23BrFN.